The van der Waals surface area contributed by atoms with Crippen molar-refractivity contribution in [2.75, 3.05) is 20.8 Å². The van der Waals surface area contributed by atoms with Gasteiger partial charge in [-0.25, -0.2) is 0 Å². The molecule has 0 radical (unpaired) electrons. The highest BCUT2D eigenvalue weighted by Gasteiger charge is 2.48. The molecule has 21 heavy (non-hydrogen) atoms. The minimum absolute atomic E-state index is 0.268. The number of ether oxygens (including phenoxy) is 3. The number of esters is 1. The first-order chi connectivity index (χ1) is 9.72. The number of methoxy groups -OCH3 is 2. The van der Waals surface area contributed by atoms with Crippen LogP contribution in [0, 0.1) is 5.41 Å². The van der Waals surface area contributed by atoms with Crippen LogP contribution in [0.1, 0.15) is 33.3 Å². The molecule has 0 aliphatic carbocycles. The molecule has 0 heterocycles. The molecule has 0 amide bonds. The Kier molecular flexibility index (Phi) is 5.23. The van der Waals surface area contributed by atoms with E-state index in [1.165, 1.54) is 14.2 Å². The summed E-state index contributed by atoms with van der Waals surface area (Å²) < 4.78 is 15.5. The van der Waals surface area contributed by atoms with Gasteiger partial charge in [0.2, 0.25) is 0 Å². The van der Waals surface area contributed by atoms with Crippen LogP contribution in [0.2, 0.25) is 0 Å². The van der Waals surface area contributed by atoms with E-state index in [1.807, 2.05) is 0 Å². The van der Waals surface area contributed by atoms with Gasteiger partial charge in [0.15, 0.2) is 11.5 Å². The SMILES string of the molecule is CCOC(=O)C(C)(C)C(C)(O)c1ccc(OC)c(OC)c1. The minimum atomic E-state index is -1.42. The molecule has 0 spiro atoms. The number of aliphatic hydroxyl groups is 1. The van der Waals surface area contributed by atoms with Crippen molar-refractivity contribution < 1.29 is 24.1 Å². The van der Waals surface area contributed by atoms with Gasteiger partial charge in [0.1, 0.15) is 5.60 Å². The molecular formula is C16H24O5. The van der Waals surface area contributed by atoms with Crippen molar-refractivity contribution in [1.29, 1.82) is 0 Å². The second-order valence-corrected chi connectivity index (χ2v) is 5.49. The Morgan fingerprint density at radius 1 is 1.14 bits per heavy atom. The van der Waals surface area contributed by atoms with Crippen LogP contribution in [0.5, 0.6) is 11.5 Å². The lowest BCUT2D eigenvalue weighted by Gasteiger charge is -2.38. The van der Waals surface area contributed by atoms with Gasteiger partial charge in [-0.3, -0.25) is 4.79 Å². The van der Waals surface area contributed by atoms with Gasteiger partial charge >= 0.3 is 5.97 Å². The maximum Gasteiger partial charge on any atom is 0.314 e. The van der Waals surface area contributed by atoms with Crippen molar-refractivity contribution in [2.24, 2.45) is 5.41 Å². The van der Waals surface area contributed by atoms with Gasteiger partial charge in [0, 0.05) is 0 Å². The van der Waals surface area contributed by atoms with Crippen LogP contribution in [0.15, 0.2) is 18.2 Å². The standard InChI is InChI=1S/C16H24O5/c1-7-21-14(17)15(2,3)16(4,18)11-8-9-12(19-5)13(10-11)20-6/h8-10,18H,7H2,1-6H3. The summed E-state index contributed by atoms with van der Waals surface area (Å²) in [5.74, 6) is 0.603. The number of rotatable bonds is 6. The Bertz CT molecular complexity index is 505. The first-order valence-corrected chi connectivity index (χ1v) is 6.84. The molecule has 1 unspecified atom stereocenters. The zero-order valence-electron chi connectivity index (χ0n) is 13.5. The van der Waals surface area contributed by atoms with Crippen molar-refractivity contribution in [1.82, 2.24) is 0 Å². The van der Waals surface area contributed by atoms with Crippen LogP contribution >= 0.6 is 0 Å². The molecule has 5 nitrogen and oxygen atoms in total. The third kappa shape index (κ3) is 3.13. The summed E-state index contributed by atoms with van der Waals surface area (Å²) in [5.41, 5.74) is -1.97. The Morgan fingerprint density at radius 2 is 1.71 bits per heavy atom. The van der Waals surface area contributed by atoms with Crippen molar-refractivity contribution in [2.45, 2.75) is 33.3 Å². The second kappa shape index (κ2) is 6.35. The van der Waals surface area contributed by atoms with E-state index in [0.717, 1.165) is 0 Å². The van der Waals surface area contributed by atoms with Gasteiger partial charge in [-0.2, -0.15) is 0 Å². The third-order valence-corrected chi connectivity index (χ3v) is 3.95. The fourth-order valence-corrected chi connectivity index (χ4v) is 2.01. The summed E-state index contributed by atoms with van der Waals surface area (Å²) in [6.45, 7) is 6.90. The van der Waals surface area contributed by atoms with Crippen LogP contribution in [-0.4, -0.2) is 31.9 Å². The van der Waals surface area contributed by atoms with E-state index >= 15 is 0 Å². The Hall–Kier alpha value is -1.75. The van der Waals surface area contributed by atoms with Gasteiger partial charge in [-0.15, -0.1) is 0 Å². The van der Waals surface area contributed by atoms with E-state index in [0.29, 0.717) is 17.1 Å². The van der Waals surface area contributed by atoms with E-state index in [1.54, 1.807) is 45.9 Å². The van der Waals surface area contributed by atoms with Crippen LogP contribution in [0.25, 0.3) is 0 Å². The van der Waals surface area contributed by atoms with Gasteiger partial charge < -0.3 is 19.3 Å². The minimum Gasteiger partial charge on any atom is -0.493 e. The molecule has 0 bridgehead atoms. The molecule has 1 aromatic rings. The molecule has 1 rings (SSSR count). The Labute approximate surface area is 125 Å². The lowest BCUT2D eigenvalue weighted by atomic mass is 9.72. The van der Waals surface area contributed by atoms with Gasteiger partial charge in [-0.1, -0.05) is 6.07 Å². The molecule has 118 valence electrons. The number of carbonyl (C=O) groups is 1. The van der Waals surface area contributed by atoms with Gasteiger partial charge in [0.25, 0.3) is 0 Å². The lowest BCUT2D eigenvalue weighted by molar-refractivity contribution is -0.170. The highest BCUT2D eigenvalue weighted by molar-refractivity contribution is 5.78. The molecule has 1 aromatic carbocycles. The van der Waals surface area contributed by atoms with Crippen molar-refractivity contribution in [3.8, 4) is 11.5 Å². The summed E-state index contributed by atoms with van der Waals surface area (Å²) in [7, 11) is 3.06. The van der Waals surface area contributed by atoms with Crippen molar-refractivity contribution >= 4 is 5.97 Å². The molecular weight excluding hydrogens is 272 g/mol. The maximum atomic E-state index is 12.1. The normalized spacial score (nSPS) is 14.2. The quantitative estimate of drug-likeness (QED) is 0.817. The van der Waals surface area contributed by atoms with E-state index < -0.39 is 17.0 Å². The van der Waals surface area contributed by atoms with Crippen LogP contribution < -0.4 is 9.47 Å². The van der Waals surface area contributed by atoms with Crippen molar-refractivity contribution in [3.05, 3.63) is 23.8 Å². The molecule has 0 saturated carbocycles. The van der Waals surface area contributed by atoms with E-state index in [2.05, 4.69) is 0 Å². The predicted octanol–water partition coefficient (Wildman–Crippen LogP) is 2.50. The zero-order chi connectivity index (χ0) is 16.3. The van der Waals surface area contributed by atoms with Crippen molar-refractivity contribution in [3.63, 3.8) is 0 Å². The summed E-state index contributed by atoms with van der Waals surface area (Å²) in [6.07, 6.45) is 0. The number of hydrogen-bond donors (Lipinski definition) is 1. The summed E-state index contributed by atoms with van der Waals surface area (Å²) in [4.78, 5) is 12.1. The van der Waals surface area contributed by atoms with Crippen LogP contribution in [-0.2, 0) is 15.1 Å². The molecule has 0 fully saturated rings. The summed E-state index contributed by atoms with van der Waals surface area (Å²) in [5, 5.41) is 10.9. The number of benzene rings is 1. The van der Waals surface area contributed by atoms with E-state index in [-0.39, 0.29) is 6.61 Å². The monoisotopic (exact) mass is 296 g/mol. The average molecular weight is 296 g/mol. The molecule has 1 N–H and O–H groups in total. The zero-order valence-corrected chi connectivity index (χ0v) is 13.5. The first-order valence-electron chi connectivity index (χ1n) is 6.84. The molecule has 0 saturated heterocycles. The van der Waals surface area contributed by atoms with E-state index in [4.69, 9.17) is 14.2 Å². The largest absolute Gasteiger partial charge is 0.493 e. The lowest BCUT2D eigenvalue weighted by Crippen LogP contribution is -2.46. The highest BCUT2D eigenvalue weighted by Crippen LogP contribution is 2.42. The fraction of sp³-hybridized carbons (Fsp3) is 0.562. The van der Waals surface area contributed by atoms with Gasteiger partial charge in [-0.05, 0) is 45.4 Å². The van der Waals surface area contributed by atoms with Crippen LogP contribution in [0.3, 0.4) is 0 Å². The molecule has 0 aliphatic heterocycles. The number of hydrogen-bond acceptors (Lipinski definition) is 5. The smallest absolute Gasteiger partial charge is 0.314 e. The average Bonchev–Trinajstić information content (AvgIpc) is 2.46. The Balaban J connectivity index is 3.26. The fourth-order valence-electron chi connectivity index (χ4n) is 2.01. The second-order valence-electron chi connectivity index (χ2n) is 5.49. The van der Waals surface area contributed by atoms with E-state index in [9.17, 15) is 9.90 Å². The number of carbonyl (C=O) groups excluding carboxylic acids is 1. The first kappa shape index (κ1) is 17.3. The molecule has 0 aliphatic rings. The molecule has 1 atom stereocenters. The summed E-state index contributed by atoms with van der Waals surface area (Å²) in [6, 6.07) is 5.08. The Morgan fingerprint density at radius 3 is 2.19 bits per heavy atom. The predicted molar refractivity (Wildman–Crippen MR) is 79.5 cm³/mol. The summed E-state index contributed by atoms with van der Waals surface area (Å²) >= 11 is 0. The van der Waals surface area contributed by atoms with Gasteiger partial charge in [0.05, 0.1) is 26.2 Å². The maximum absolute atomic E-state index is 12.1. The highest BCUT2D eigenvalue weighted by atomic mass is 16.5. The third-order valence-electron chi connectivity index (χ3n) is 3.95. The van der Waals surface area contributed by atoms with Crippen LogP contribution in [0.4, 0.5) is 0 Å². The topological polar surface area (TPSA) is 65.0 Å². The molecule has 5 heteroatoms. The molecule has 0 aromatic heterocycles.